The number of nitrogens with zero attached hydrogens (tertiary/aromatic N) is 4. The van der Waals surface area contributed by atoms with Crippen LogP contribution in [0.2, 0.25) is 0 Å². The van der Waals surface area contributed by atoms with E-state index in [-0.39, 0.29) is 19.7 Å². The van der Waals surface area contributed by atoms with Gasteiger partial charge in [0.2, 0.25) is 0 Å². The van der Waals surface area contributed by atoms with Crippen LogP contribution in [0.25, 0.3) is 0 Å². The monoisotopic (exact) mass is 620 g/mol. The molecule has 0 aliphatic carbocycles. The second-order valence-corrected chi connectivity index (χ2v) is 14.4. The van der Waals surface area contributed by atoms with Crippen LogP contribution in [0.15, 0.2) is 24.3 Å². The first-order valence-corrected chi connectivity index (χ1v) is 15.7. The third-order valence-electron chi connectivity index (χ3n) is 6.65. The number of hydrogen-bond donors (Lipinski definition) is 1. The molecule has 1 N–H and O–H groups in total. The van der Waals surface area contributed by atoms with E-state index >= 15 is 0 Å². The zero-order valence-electron chi connectivity index (χ0n) is 28.5. The number of carbonyl (C=O) groups excluding carboxylic acids is 3. The third kappa shape index (κ3) is 14.6. The molecule has 0 atom stereocenters. The van der Waals surface area contributed by atoms with E-state index < -0.39 is 35.1 Å². The molecule has 11 heteroatoms. The summed E-state index contributed by atoms with van der Waals surface area (Å²) in [6.45, 7) is 20.5. The fourth-order valence-electron chi connectivity index (χ4n) is 4.58. The van der Waals surface area contributed by atoms with Gasteiger partial charge in [-0.05, 0) is 86.3 Å². The number of aliphatic hydroxyl groups is 1. The molecule has 1 aliphatic heterocycles. The number of amides is 3. The van der Waals surface area contributed by atoms with Crippen molar-refractivity contribution in [3.63, 3.8) is 0 Å². The fraction of sp³-hybridized carbons (Fsp3) is 0.727. The highest BCUT2D eigenvalue weighted by Crippen LogP contribution is 2.16. The number of hydrogen-bond acceptors (Lipinski definition) is 8. The van der Waals surface area contributed by atoms with Gasteiger partial charge in [0, 0.05) is 58.9 Å². The molecular formula is C33H56N4O7. The molecule has 1 saturated heterocycles. The number of rotatable bonds is 3. The summed E-state index contributed by atoms with van der Waals surface area (Å²) >= 11 is 0. The molecule has 1 aromatic rings. The van der Waals surface area contributed by atoms with E-state index in [1.807, 2.05) is 86.6 Å². The van der Waals surface area contributed by atoms with Crippen molar-refractivity contribution in [2.24, 2.45) is 0 Å². The Morgan fingerprint density at radius 2 is 0.909 bits per heavy atom. The smallest absolute Gasteiger partial charge is 0.410 e. The third-order valence-corrected chi connectivity index (χ3v) is 6.65. The van der Waals surface area contributed by atoms with Gasteiger partial charge < -0.3 is 34.0 Å². The molecule has 250 valence electrons. The van der Waals surface area contributed by atoms with Crippen molar-refractivity contribution in [3.05, 3.63) is 35.4 Å². The lowest BCUT2D eigenvalue weighted by Gasteiger charge is -2.34. The van der Waals surface area contributed by atoms with Crippen molar-refractivity contribution >= 4 is 18.3 Å². The van der Waals surface area contributed by atoms with Gasteiger partial charge in [0.05, 0.1) is 6.61 Å². The van der Waals surface area contributed by atoms with Crippen molar-refractivity contribution in [1.82, 2.24) is 19.6 Å². The molecule has 3 amide bonds. The Bertz CT molecular complexity index is 1060. The molecule has 1 fully saturated rings. The SMILES string of the molecule is CC(C)(C)OC(=O)N1CCCN(C(=O)OC(C)(C)C)CCN(C(=O)OC(C)(C)C)CCCN(Cc2ccc(CO)cc2)CC1. The number of aliphatic hydroxyl groups excluding tert-OH is 1. The van der Waals surface area contributed by atoms with Gasteiger partial charge in [0.25, 0.3) is 0 Å². The van der Waals surface area contributed by atoms with E-state index in [1.54, 1.807) is 14.7 Å². The molecule has 0 aromatic heterocycles. The second kappa shape index (κ2) is 16.3. The molecule has 0 spiro atoms. The Morgan fingerprint density at radius 1 is 0.568 bits per heavy atom. The topological polar surface area (TPSA) is 112 Å². The molecule has 2 rings (SSSR count). The normalized spacial score (nSPS) is 17.1. The van der Waals surface area contributed by atoms with Crippen LogP contribution in [0.1, 0.15) is 86.3 Å². The van der Waals surface area contributed by atoms with Gasteiger partial charge in [-0.25, -0.2) is 14.4 Å². The van der Waals surface area contributed by atoms with Gasteiger partial charge in [-0.2, -0.15) is 0 Å². The first-order chi connectivity index (χ1) is 20.3. The largest absolute Gasteiger partial charge is 0.444 e. The van der Waals surface area contributed by atoms with Crippen LogP contribution < -0.4 is 0 Å². The zero-order valence-corrected chi connectivity index (χ0v) is 28.5. The summed E-state index contributed by atoms with van der Waals surface area (Å²) in [5.41, 5.74) is -0.0362. The quantitative estimate of drug-likeness (QED) is 0.442. The lowest BCUT2D eigenvalue weighted by molar-refractivity contribution is 0.0101. The maximum Gasteiger partial charge on any atom is 0.410 e. The maximum atomic E-state index is 13.2. The first-order valence-electron chi connectivity index (χ1n) is 15.7. The number of ether oxygens (including phenoxy) is 3. The van der Waals surface area contributed by atoms with Crippen LogP contribution in [0.3, 0.4) is 0 Å². The summed E-state index contributed by atoms with van der Waals surface area (Å²) in [4.78, 5) is 46.8. The molecule has 44 heavy (non-hydrogen) atoms. The molecule has 1 heterocycles. The highest BCUT2D eigenvalue weighted by Gasteiger charge is 2.28. The summed E-state index contributed by atoms with van der Waals surface area (Å²) in [6.07, 6.45) is -0.107. The Morgan fingerprint density at radius 3 is 1.27 bits per heavy atom. The van der Waals surface area contributed by atoms with Crippen molar-refractivity contribution < 1.29 is 33.7 Å². The summed E-state index contributed by atoms with van der Waals surface area (Å²) in [5.74, 6) is 0. The molecule has 1 aromatic carbocycles. The van der Waals surface area contributed by atoms with Crippen LogP contribution in [0.5, 0.6) is 0 Å². The summed E-state index contributed by atoms with van der Waals surface area (Å²) in [6, 6.07) is 7.82. The highest BCUT2D eigenvalue weighted by atomic mass is 16.6. The first kappa shape index (κ1) is 37.1. The molecule has 1 aliphatic rings. The molecular weight excluding hydrogens is 564 g/mol. The average molecular weight is 621 g/mol. The fourth-order valence-corrected chi connectivity index (χ4v) is 4.58. The molecule has 0 unspecified atom stereocenters. The van der Waals surface area contributed by atoms with Crippen LogP contribution in [0, 0.1) is 0 Å². The Labute approximate surface area is 264 Å². The molecule has 0 radical (unpaired) electrons. The summed E-state index contributed by atoms with van der Waals surface area (Å²) < 4.78 is 17.1. The van der Waals surface area contributed by atoms with Gasteiger partial charge in [0.1, 0.15) is 16.8 Å². The van der Waals surface area contributed by atoms with Gasteiger partial charge >= 0.3 is 18.3 Å². The second-order valence-electron chi connectivity index (χ2n) is 14.4. The van der Waals surface area contributed by atoms with Gasteiger partial charge in [-0.3, -0.25) is 4.90 Å². The maximum absolute atomic E-state index is 13.2. The van der Waals surface area contributed by atoms with Gasteiger partial charge in [-0.15, -0.1) is 0 Å². The van der Waals surface area contributed by atoms with E-state index in [0.29, 0.717) is 58.7 Å². The van der Waals surface area contributed by atoms with E-state index in [4.69, 9.17) is 14.2 Å². The van der Waals surface area contributed by atoms with E-state index in [1.165, 1.54) is 0 Å². The average Bonchev–Trinajstić information content (AvgIpc) is 2.87. The van der Waals surface area contributed by atoms with Crippen molar-refractivity contribution in [2.75, 3.05) is 52.4 Å². The van der Waals surface area contributed by atoms with Crippen LogP contribution in [-0.2, 0) is 27.4 Å². The van der Waals surface area contributed by atoms with E-state index in [0.717, 1.165) is 11.1 Å². The minimum atomic E-state index is -0.675. The van der Waals surface area contributed by atoms with Gasteiger partial charge in [-0.1, -0.05) is 24.3 Å². The van der Waals surface area contributed by atoms with Crippen LogP contribution in [-0.4, -0.2) is 112 Å². The van der Waals surface area contributed by atoms with Crippen molar-refractivity contribution in [1.29, 1.82) is 0 Å². The Hall–Kier alpha value is -3.05. The van der Waals surface area contributed by atoms with Crippen LogP contribution in [0.4, 0.5) is 14.4 Å². The van der Waals surface area contributed by atoms with Crippen molar-refractivity contribution in [3.8, 4) is 0 Å². The predicted octanol–water partition coefficient (Wildman–Crippen LogP) is 5.49. The molecule has 0 saturated carbocycles. The highest BCUT2D eigenvalue weighted by molar-refractivity contribution is 5.70. The lowest BCUT2D eigenvalue weighted by atomic mass is 10.1. The number of carbonyl (C=O) groups is 3. The minimum absolute atomic E-state index is 0.0132. The molecule has 11 nitrogen and oxygen atoms in total. The van der Waals surface area contributed by atoms with Crippen LogP contribution >= 0.6 is 0 Å². The zero-order chi connectivity index (χ0) is 33.1. The summed E-state index contributed by atoms with van der Waals surface area (Å²) in [7, 11) is 0. The lowest BCUT2D eigenvalue weighted by Crippen LogP contribution is -2.47. The number of benzene rings is 1. The van der Waals surface area contributed by atoms with Crippen molar-refractivity contribution in [2.45, 2.75) is 105 Å². The Kier molecular flexibility index (Phi) is 13.8. The standard InChI is InChI=1S/C33H56N4O7/c1-31(2,3)42-28(39)35-18-11-19-37(30(41)44-33(7,8)9)23-22-36(29(40)43-32(4,5)6)17-10-16-34(20-21-35)24-26-12-14-27(25-38)15-13-26/h12-15,38H,10-11,16-25H2,1-9H3. The van der Waals surface area contributed by atoms with E-state index in [2.05, 4.69) is 4.90 Å². The van der Waals surface area contributed by atoms with Gasteiger partial charge in [0.15, 0.2) is 0 Å². The van der Waals surface area contributed by atoms with E-state index in [9.17, 15) is 19.5 Å². The minimum Gasteiger partial charge on any atom is -0.444 e. The molecule has 0 bridgehead atoms. The summed E-state index contributed by atoms with van der Waals surface area (Å²) in [5, 5.41) is 9.44. The predicted molar refractivity (Wildman–Crippen MR) is 170 cm³/mol. The Balaban J connectivity index is 2.33.